The van der Waals surface area contributed by atoms with Crippen LogP contribution in [0.1, 0.15) is 19.4 Å². The molecule has 5 heteroatoms. The quantitative estimate of drug-likeness (QED) is 0.817. The van der Waals surface area contributed by atoms with E-state index in [1.807, 2.05) is 13.8 Å². The molecule has 0 saturated heterocycles. The van der Waals surface area contributed by atoms with E-state index in [0.717, 1.165) is 0 Å². The molecule has 0 saturated carbocycles. The van der Waals surface area contributed by atoms with E-state index in [-0.39, 0.29) is 28.5 Å². The van der Waals surface area contributed by atoms with Crippen molar-refractivity contribution in [2.24, 2.45) is 5.41 Å². The van der Waals surface area contributed by atoms with Crippen LogP contribution in [0.3, 0.4) is 0 Å². The van der Waals surface area contributed by atoms with Crippen LogP contribution in [-0.2, 0) is 4.79 Å². The van der Waals surface area contributed by atoms with Gasteiger partial charge in [0.25, 0.3) is 0 Å². The summed E-state index contributed by atoms with van der Waals surface area (Å²) in [7, 11) is 0. The van der Waals surface area contributed by atoms with Crippen LogP contribution in [0.15, 0.2) is 24.3 Å². The normalized spacial score (nSPS) is 11.8. The summed E-state index contributed by atoms with van der Waals surface area (Å²) >= 11 is 5.83. The molecule has 0 bridgehead atoms. The third kappa shape index (κ3) is 5.01. The number of carbonyl (C=O) groups excluding carboxylic acids is 1. The second-order valence-electron chi connectivity index (χ2n) is 5.01. The van der Waals surface area contributed by atoms with Gasteiger partial charge in [0.05, 0.1) is 5.02 Å². The van der Waals surface area contributed by atoms with Crippen LogP contribution >= 0.6 is 11.6 Å². The van der Waals surface area contributed by atoms with Crippen molar-refractivity contribution in [2.45, 2.75) is 13.8 Å². The zero-order valence-electron chi connectivity index (χ0n) is 10.9. The molecule has 0 atom stereocenters. The number of rotatable bonds is 5. The van der Waals surface area contributed by atoms with Crippen molar-refractivity contribution in [3.63, 3.8) is 0 Å². The molecule has 1 aromatic rings. The lowest BCUT2D eigenvalue weighted by atomic mass is 9.95. The lowest BCUT2D eigenvalue weighted by molar-refractivity contribution is -0.116. The van der Waals surface area contributed by atoms with Crippen LogP contribution in [0.4, 0.5) is 4.39 Å². The van der Waals surface area contributed by atoms with Gasteiger partial charge >= 0.3 is 0 Å². The number of hydrogen-bond acceptors (Lipinski definition) is 2. The molecule has 0 fully saturated rings. The predicted molar refractivity (Wildman–Crippen MR) is 74.3 cm³/mol. The van der Waals surface area contributed by atoms with Crippen LogP contribution in [0.2, 0.25) is 5.02 Å². The van der Waals surface area contributed by atoms with Gasteiger partial charge in [-0.2, -0.15) is 0 Å². The van der Waals surface area contributed by atoms with Crippen molar-refractivity contribution in [2.75, 3.05) is 13.2 Å². The molecule has 1 amide bonds. The lowest BCUT2D eigenvalue weighted by Crippen LogP contribution is -2.35. The van der Waals surface area contributed by atoms with Gasteiger partial charge in [0.15, 0.2) is 0 Å². The Balaban J connectivity index is 2.64. The summed E-state index contributed by atoms with van der Waals surface area (Å²) in [6, 6.07) is 4.33. The van der Waals surface area contributed by atoms with Crippen LogP contribution in [-0.4, -0.2) is 24.2 Å². The van der Waals surface area contributed by atoms with Crippen molar-refractivity contribution < 1.29 is 14.3 Å². The maximum absolute atomic E-state index is 13.4. The van der Waals surface area contributed by atoms with E-state index in [0.29, 0.717) is 6.54 Å². The summed E-state index contributed by atoms with van der Waals surface area (Å²) < 4.78 is 13.4. The summed E-state index contributed by atoms with van der Waals surface area (Å²) in [5.74, 6) is -0.840. The molecule has 0 aromatic heterocycles. The zero-order chi connectivity index (χ0) is 14.5. The highest BCUT2D eigenvalue weighted by atomic mass is 35.5. The monoisotopic (exact) mass is 285 g/mol. The van der Waals surface area contributed by atoms with Gasteiger partial charge in [0, 0.05) is 30.2 Å². The fourth-order valence-corrected chi connectivity index (χ4v) is 1.50. The van der Waals surface area contributed by atoms with Crippen LogP contribution < -0.4 is 5.32 Å². The minimum Gasteiger partial charge on any atom is -0.396 e. The maximum Gasteiger partial charge on any atom is 0.244 e. The molecule has 2 N–H and O–H groups in total. The Kier molecular flexibility index (Phi) is 5.51. The second kappa shape index (κ2) is 6.68. The second-order valence-corrected chi connectivity index (χ2v) is 5.42. The molecule has 0 unspecified atom stereocenters. The van der Waals surface area contributed by atoms with Crippen LogP contribution in [0, 0.1) is 11.2 Å². The van der Waals surface area contributed by atoms with Gasteiger partial charge in [-0.25, -0.2) is 4.39 Å². The van der Waals surface area contributed by atoms with E-state index in [1.165, 1.54) is 24.3 Å². The Morgan fingerprint density at radius 1 is 1.53 bits per heavy atom. The van der Waals surface area contributed by atoms with Gasteiger partial charge in [-0.15, -0.1) is 0 Å². The van der Waals surface area contributed by atoms with Crippen molar-refractivity contribution in [1.82, 2.24) is 5.32 Å². The number of aliphatic hydroxyl groups excluding tert-OH is 1. The molecule has 19 heavy (non-hydrogen) atoms. The summed E-state index contributed by atoms with van der Waals surface area (Å²) in [5.41, 5.74) is -0.209. The van der Waals surface area contributed by atoms with E-state index in [9.17, 15) is 9.18 Å². The van der Waals surface area contributed by atoms with E-state index >= 15 is 0 Å². The first-order valence-corrected chi connectivity index (χ1v) is 6.24. The van der Waals surface area contributed by atoms with Crippen molar-refractivity contribution in [1.29, 1.82) is 0 Å². The number of amides is 1. The first kappa shape index (κ1) is 15.7. The van der Waals surface area contributed by atoms with Crippen molar-refractivity contribution in [3.05, 3.63) is 40.7 Å². The zero-order valence-corrected chi connectivity index (χ0v) is 11.7. The molecule has 1 aromatic carbocycles. The van der Waals surface area contributed by atoms with Gasteiger partial charge in [0.1, 0.15) is 5.82 Å². The molecule has 104 valence electrons. The van der Waals surface area contributed by atoms with Gasteiger partial charge in [0.2, 0.25) is 5.91 Å². The molecule has 0 radical (unpaired) electrons. The molecule has 0 spiro atoms. The Bertz CT molecular complexity index is 466. The number of hydrogen-bond donors (Lipinski definition) is 2. The van der Waals surface area contributed by atoms with Crippen molar-refractivity contribution in [3.8, 4) is 0 Å². The number of aliphatic hydroxyl groups is 1. The van der Waals surface area contributed by atoms with E-state index in [2.05, 4.69) is 5.32 Å². The average Bonchev–Trinajstić information content (AvgIpc) is 2.36. The molecule has 0 aliphatic rings. The number of carbonyl (C=O) groups is 1. The minimum absolute atomic E-state index is 0.0316. The number of halogens is 2. The standard InChI is InChI=1S/C14H17ClFNO2/c1-14(2,9-18)8-17-13(19)7-6-10-11(15)4-3-5-12(10)16/h3-7,18H,8-9H2,1-2H3,(H,17,19)/b7-6+. The fourth-order valence-electron chi connectivity index (χ4n) is 1.27. The topological polar surface area (TPSA) is 49.3 Å². The third-order valence-electron chi connectivity index (χ3n) is 2.57. The summed E-state index contributed by atoms with van der Waals surface area (Å²) in [6.45, 7) is 3.95. The molecule has 0 aliphatic heterocycles. The smallest absolute Gasteiger partial charge is 0.244 e. The lowest BCUT2D eigenvalue weighted by Gasteiger charge is -2.21. The highest BCUT2D eigenvalue weighted by Crippen LogP contribution is 2.20. The molecule has 0 aliphatic carbocycles. The minimum atomic E-state index is -0.479. The predicted octanol–water partition coefficient (Wildman–Crippen LogP) is 2.63. The van der Waals surface area contributed by atoms with Gasteiger partial charge in [-0.05, 0) is 18.2 Å². The van der Waals surface area contributed by atoms with Gasteiger partial charge in [-0.1, -0.05) is 31.5 Å². The molecular formula is C14H17ClFNO2. The molecule has 3 nitrogen and oxygen atoms in total. The highest BCUT2D eigenvalue weighted by molar-refractivity contribution is 6.32. The maximum atomic E-state index is 13.4. The SMILES string of the molecule is CC(C)(CO)CNC(=O)/C=C/c1c(F)cccc1Cl. The first-order chi connectivity index (χ1) is 8.85. The molecule has 1 rings (SSSR count). The summed E-state index contributed by atoms with van der Waals surface area (Å²) in [5, 5.41) is 11.9. The van der Waals surface area contributed by atoms with Gasteiger partial charge < -0.3 is 10.4 Å². The van der Waals surface area contributed by atoms with Crippen LogP contribution in [0.25, 0.3) is 6.08 Å². The van der Waals surface area contributed by atoms with Gasteiger partial charge in [-0.3, -0.25) is 4.79 Å². The Hall–Kier alpha value is -1.39. The summed E-state index contributed by atoms with van der Waals surface area (Å²) in [6.07, 6.45) is 2.55. The first-order valence-electron chi connectivity index (χ1n) is 5.86. The van der Waals surface area contributed by atoms with Crippen LogP contribution in [0.5, 0.6) is 0 Å². The molecule has 0 heterocycles. The summed E-state index contributed by atoms with van der Waals surface area (Å²) in [4.78, 5) is 11.6. The number of nitrogens with one attached hydrogen (secondary N) is 1. The Morgan fingerprint density at radius 2 is 2.21 bits per heavy atom. The highest BCUT2D eigenvalue weighted by Gasteiger charge is 2.16. The number of benzene rings is 1. The Morgan fingerprint density at radius 3 is 2.79 bits per heavy atom. The Labute approximate surface area is 117 Å². The third-order valence-corrected chi connectivity index (χ3v) is 2.90. The van der Waals surface area contributed by atoms with E-state index in [1.54, 1.807) is 6.07 Å². The average molecular weight is 286 g/mol. The van der Waals surface area contributed by atoms with E-state index in [4.69, 9.17) is 16.7 Å². The van der Waals surface area contributed by atoms with E-state index < -0.39 is 5.82 Å². The molecular weight excluding hydrogens is 269 g/mol. The largest absolute Gasteiger partial charge is 0.396 e. The van der Waals surface area contributed by atoms with Crippen molar-refractivity contribution >= 4 is 23.6 Å². The fraction of sp³-hybridized carbons (Fsp3) is 0.357.